The van der Waals surface area contributed by atoms with E-state index in [1.54, 1.807) is 0 Å². The van der Waals surface area contributed by atoms with Crippen LogP contribution in [0.2, 0.25) is 0 Å². The molecule has 0 saturated heterocycles. The minimum absolute atomic E-state index is 0.0627. The number of rotatable bonds is 4. The zero-order valence-electron chi connectivity index (χ0n) is 9.14. The molecule has 1 rings (SSSR count). The van der Waals surface area contributed by atoms with Gasteiger partial charge in [-0.15, -0.1) is 0 Å². The molecular formula is C10H11BrF3N3O. The van der Waals surface area contributed by atoms with Crippen molar-refractivity contribution in [2.45, 2.75) is 12.6 Å². The number of nitrogens with two attached hydrogens (primary N) is 2. The number of benzene rings is 1. The fraction of sp³-hybridized carbons (Fsp3) is 0.300. The zero-order valence-corrected chi connectivity index (χ0v) is 10.7. The number of carbonyl (C=O) groups excluding carboxylic acids is 1. The Morgan fingerprint density at radius 1 is 1.39 bits per heavy atom. The van der Waals surface area contributed by atoms with Crippen molar-refractivity contribution >= 4 is 33.2 Å². The van der Waals surface area contributed by atoms with Crippen LogP contribution in [0.4, 0.5) is 24.5 Å². The number of anilines is 2. The smallest absolute Gasteiger partial charge is 0.390 e. The van der Waals surface area contributed by atoms with Gasteiger partial charge >= 0.3 is 6.18 Å². The van der Waals surface area contributed by atoms with Crippen molar-refractivity contribution in [3.63, 3.8) is 0 Å². The van der Waals surface area contributed by atoms with Crippen LogP contribution in [0.15, 0.2) is 16.6 Å². The number of hydrogen-bond acceptors (Lipinski definition) is 3. The number of primary amides is 1. The molecule has 18 heavy (non-hydrogen) atoms. The largest absolute Gasteiger partial charge is 0.398 e. The molecule has 0 spiro atoms. The monoisotopic (exact) mass is 325 g/mol. The highest BCUT2D eigenvalue weighted by Crippen LogP contribution is 2.28. The van der Waals surface area contributed by atoms with Crippen molar-refractivity contribution in [1.29, 1.82) is 0 Å². The summed E-state index contributed by atoms with van der Waals surface area (Å²) < 4.78 is 36.4. The average Bonchev–Trinajstić information content (AvgIpc) is 2.18. The SMILES string of the molecule is NC(=O)c1cc(NCCC(F)(F)F)c(Br)cc1N. The van der Waals surface area contributed by atoms with Gasteiger partial charge in [0.05, 0.1) is 12.0 Å². The molecule has 1 aromatic rings. The van der Waals surface area contributed by atoms with Crippen LogP contribution in [-0.2, 0) is 0 Å². The Balaban J connectivity index is 2.83. The van der Waals surface area contributed by atoms with E-state index in [0.717, 1.165) is 0 Å². The first-order valence-electron chi connectivity index (χ1n) is 4.90. The average molecular weight is 326 g/mol. The van der Waals surface area contributed by atoms with Crippen LogP contribution in [0.25, 0.3) is 0 Å². The van der Waals surface area contributed by atoms with Crippen LogP contribution in [-0.4, -0.2) is 18.6 Å². The van der Waals surface area contributed by atoms with E-state index < -0.39 is 18.5 Å². The molecule has 1 aromatic carbocycles. The van der Waals surface area contributed by atoms with E-state index >= 15 is 0 Å². The lowest BCUT2D eigenvalue weighted by atomic mass is 10.1. The Labute approximate surface area is 110 Å². The van der Waals surface area contributed by atoms with Gasteiger partial charge in [0, 0.05) is 22.4 Å². The van der Waals surface area contributed by atoms with Gasteiger partial charge in [0.2, 0.25) is 0 Å². The minimum atomic E-state index is -4.24. The van der Waals surface area contributed by atoms with Gasteiger partial charge in [-0.3, -0.25) is 4.79 Å². The number of carbonyl (C=O) groups is 1. The molecule has 0 saturated carbocycles. The van der Waals surface area contributed by atoms with Gasteiger partial charge in [-0.25, -0.2) is 0 Å². The minimum Gasteiger partial charge on any atom is -0.398 e. The van der Waals surface area contributed by atoms with Crippen LogP contribution < -0.4 is 16.8 Å². The van der Waals surface area contributed by atoms with Crippen LogP contribution >= 0.6 is 15.9 Å². The Bertz CT molecular complexity index is 462. The molecule has 4 nitrogen and oxygen atoms in total. The van der Waals surface area contributed by atoms with Crippen LogP contribution in [0.3, 0.4) is 0 Å². The van der Waals surface area contributed by atoms with Crippen molar-refractivity contribution in [2.75, 3.05) is 17.6 Å². The van der Waals surface area contributed by atoms with E-state index in [9.17, 15) is 18.0 Å². The van der Waals surface area contributed by atoms with Gasteiger partial charge < -0.3 is 16.8 Å². The molecule has 0 aromatic heterocycles. The third-order valence-corrected chi connectivity index (χ3v) is 2.78. The molecule has 0 unspecified atom stereocenters. The fourth-order valence-electron chi connectivity index (χ4n) is 1.28. The van der Waals surface area contributed by atoms with Crippen LogP contribution in [0.1, 0.15) is 16.8 Å². The first-order chi connectivity index (χ1) is 8.20. The third-order valence-electron chi connectivity index (χ3n) is 2.13. The van der Waals surface area contributed by atoms with E-state index in [2.05, 4.69) is 21.2 Å². The van der Waals surface area contributed by atoms with Crippen molar-refractivity contribution in [3.05, 3.63) is 22.2 Å². The molecule has 0 aliphatic rings. The number of halogens is 4. The Morgan fingerprint density at radius 2 is 2.00 bits per heavy atom. The predicted octanol–water partition coefficient (Wildman–Crippen LogP) is 2.49. The number of nitrogen functional groups attached to an aromatic ring is 1. The summed E-state index contributed by atoms with van der Waals surface area (Å²) >= 11 is 3.14. The van der Waals surface area contributed by atoms with E-state index in [4.69, 9.17) is 11.5 Å². The summed E-state index contributed by atoms with van der Waals surface area (Å²) in [4.78, 5) is 11.0. The van der Waals surface area contributed by atoms with Gasteiger partial charge in [-0.1, -0.05) is 0 Å². The van der Waals surface area contributed by atoms with E-state index in [1.807, 2.05) is 0 Å². The van der Waals surface area contributed by atoms with Crippen molar-refractivity contribution < 1.29 is 18.0 Å². The molecule has 0 atom stereocenters. The molecule has 0 bridgehead atoms. The van der Waals surface area contributed by atoms with Gasteiger partial charge in [0.15, 0.2) is 0 Å². The Kier molecular flexibility index (Phi) is 4.44. The maximum absolute atomic E-state index is 12.0. The molecule has 5 N–H and O–H groups in total. The van der Waals surface area contributed by atoms with Crippen LogP contribution in [0, 0.1) is 0 Å². The highest BCUT2D eigenvalue weighted by atomic mass is 79.9. The summed E-state index contributed by atoms with van der Waals surface area (Å²) in [7, 11) is 0. The van der Waals surface area contributed by atoms with E-state index in [-0.39, 0.29) is 17.8 Å². The first-order valence-corrected chi connectivity index (χ1v) is 5.69. The second kappa shape index (κ2) is 5.47. The molecule has 0 heterocycles. The fourth-order valence-corrected chi connectivity index (χ4v) is 1.78. The Morgan fingerprint density at radius 3 is 2.50 bits per heavy atom. The number of amides is 1. The number of hydrogen-bond donors (Lipinski definition) is 3. The van der Waals surface area contributed by atoms with Gasteiger partial charge in [0.25, 0.3) is 5.91 Å². The molecule has 0 fully saturated rings. The second-order valence-electron chi connectivity index (χ2n) is 3.58. The molecule has 0 aliphatic carbocycles. The van der Waals surface area contributed by atoms with Crippen molar-refractivity contribution in [2.24, 2.45) is 5.73 Å². The highest BCUT2D eigenvalue weighted by Gasteiger charge is 2.26. The molecule has 0 radical (unpaired) electrons. The standard InChI is InChI=1S/C10H11BrF3N3O/c11-6-4-7(15)5(9(16)18)3-8(6)17-2-1-10(12,13)14/h3-4,17H,1-2,15H2,(H2,16,18). The molecule has 1 amide bonds. The maximum atomic E-state index is 12.0. The normalized spacial score (nSPS) is 11.3. The lowest BCUT2D eigenvalue weighted by Crippen LogP contribution is -2.17. The molecule has 0 aliphatic heterocycles. The van der Waals surface area contributed by atoms with Gasteiger partial charge in [0.1, 0.15) is 0 Å². The second-order valence-corrected chi connectivity index (χ2v) is 4.43. The third kappa shape index (κ3) is 4.10. The lowest BCUT2D eigenvalue weighted by molar-refractivity contribution is -0.131. The topological polar surface area (TPSA) is 81.1 Å². The zero-order chi connectivity index (χ0) is 13.9. The maximum Gasteiger partial charge on any atom is 0.390 e. The van der Waals surface area contributed by atoms with E-state index in [0.29, 0.717) is 10.2 Å². The van der Waals surface area contributed by atoms with Crippen LogP contribution in [0.5, 0.6) is 0 Å². The van der Waals surface area contributed by atoms with E-state index in [1.165, 1.54) is 12.1 Å². The highest BCUT2D eigenvalue weighted by molar-refractivity contribution is 9.10. The van der Waals surface area contributed by atoms with Crippen molar-refractivity contribution in [1.82, 2.24) is 0 Å². The number of alkyl halides is 3. The summed E-state index contributed by atoms with van der Waals surface area (Å²) in [6, 6.07) is 2.73. The molecule has 100 valence electrons. The van der Waals surface area contributed by atoms with Gasteiger partial charge in [-0.2, -0.15) is 13.2 Å². The van der Waals surface area contributed by atoms with Crippen molar-refractivity contribution in [3.8, 4) is 0 Å². The summed E-state index contributed by atoms with van der Waals surface area (Å²) in [5.74, 6) is -0.737. The summed E-state index contributed by atoms with van der Waals surface area (Å²) in [6.45, 7) is -0.301. The lowest BCUT2D eigenvalue weighted by Gasteiger charge is -2.12. The molecule has 8 heteroatoms. The first kappa shape index (κ1) is 14.6. The molecular weight excluding hydrogens is 315 g/mol. The summed E-state index contributed by atoms with van der Waals surface area (Å²) in [5.41, 5.74) is 11.2. The quantitative estimate of drug-likeness (QED) is 0.744. The summed E-state index contributed by atoms with van der Waals surface area (Å²) in [6.07, 6.45) is -5.21. The number of nitrogens with one attached hydrogen (secondary N) is 1. The Hall–Kier alpha value is -1.44. The van der Waals surface area contributed by atoms with Gasteiger partial charge in [-0.05, 0) is 28.1 Å². The summed E-state index contributed by atoms with van der Waals surface area (Å²) in [5, 5.41) is 2.56. The predicted molar refractivity (Wildman–Crippen MR) is 66.2 cm³/mol.